The molecule has 2 aromatic rings. The number of pyridine rings is 1. The molecule has 0 spiro atoms. The summed E-state index contributed by atoms with van der Waals surface area (Å²) in [5.41, 5.74) is 1.91. The molecule has 0 atom stereocenters. The van der Waals surface area contributed by atoms with Crippen LogP contribution in [0.1, 0.15) is 24.7 Å². The molecule has 0 fully saturated rings. The first kappa shape index (κ1) is 15.0. The molecule has 0 unspecified atom stereocenters. The van der Waals surface area contributed by atoms with Crippen molar-refractivity contribution < 1.29 is 4.74 Å². The first-order valence-electron chi connectivity index (χ1n) is 6.91. The van der Waals surface area contributed by atoms with Crippen molar-refractivity contribution in [1.82, 2.24) is 19.9 Å². The van der Waals surface area contributed by atoms with Crippen molar-refractivity contribution >= 4 is 11.9 Å². The topological polar surface area (TPSA) is 84.9 Å². The normalized spacial score (nSPS) is 10.2. The molecule has 2 rings (SSSR count). The van der Waals surface area contributed by atoms with E-state index in [4.69, 9.17) is 4.74 Å². The molecule has 2 aromatic heterocycles. The number of anilines is 2. The molecule has 0 saturated heterocycles. The van der Waals surface area contributed by atoms with Crippen molar-refractivity contribution in [2.45, 2.75) is 26.8 Å². The number of rotatable bonds is 7. The fourth-order valence-electron chi connectivity index (χ4n) is 1.71. The van der Waals surface area contributed by atoms with Crippen LogP contribution in [-0.4, -0.2) is 33.6 Å². The highest BCUT2D eigenvalue weighted by Crippen LogP contribution is 2.11. The fraction of sp³-hybridized carbons (Fsp3) is 0.429. The largest absolute Gasteiger partial charge is 0.467 e. The maximum Gasteiger partial charge on any atom is 0.322 e. The lowest BCUT2D eigenvalue weighted by molar-refractivity contribution is 0.379. The number of hydrogen-bond acceptors (Lipinski definition) is 7. The van der Waals surface area contributed by atoms with Gasteiger partial charge in [-0.25, -0.2) is 0 Å². The van der Waals surface area contributed by atoms with Crippen LogP contribution in [0.25, 0.3) is 0 Å². The third-order valence-corrected chi connectivity index (χ3v) is 2.70. The Balaban J connectivity index is 2.07. The second kappa shape index (κ2) is 7.37. The summed E-state index contributed by atoms with van der Waals surface area (Å²) < 4.78 is 5.09. The molecule has 0 aliphatic carbocycles. The van der Waals surface area contributed by atoms with Gasteiger partial charge in [-0.05, 0) is 25.5 Å². The first-order chi connectivity index (χ1) is 10.2. The Labute approximate surface area is 124 Å². The summed E-state index contributed by atoms with van der Waals surface area (Å²) in [7, 11) is 1.53. The molecular weight excluding hydrogens is 268 g/mol. The fourth-order valence-corrected chi connectivity index (χ4v) is 1.71. The predicted octanol–water partition coefficient (Wildman–Crippen LogP) is 2.02. The van der Waals surface area contributed by atoms with Gasteiger partial charge in [0.15, 0.2) is 0 Å². The van der Waals surface area contributed by atoms with E-state index in [1.54, 1.807) is 0 Å². The van der Waals surface area contributed by atoms with E-state index in [-0.39, 0.29) is 6.01 Å². The van der Waals surface area contributed by atoms with Crippen LogP contribution in [0.5, 0.6) is 6.01 Å². The van der Waals surface area contributed by atoms with Gasteiger partial charge in [0.2, 0.25) is 11.9 Å². The van der Waals surface area contributed by atoms with Crippen LogP contribution in [-0.2, 0) is 6.54 Å². The summed E-state index contributed by atoms with van der Waals surface area (Å²) in [6, 6.07) is 6.17. The predicted molar refractivity (Wildman–Crippen MR) is 81.5 cm³/mol. The minimum absolute atomic E-state index is 0.281. The van der Waals surface area contributed by atoms with Gasteiger partial charge >= 0.3 is 6.01 Å². The van der Waals surface area contributed by atoms with Crippen LogP contribution in [0.15, 0.2) is 18.2 Å². The quantitative estimate of drug-likeness (QED) is 0.806. The Morgan fingerprint density at radius 3 is 2.48 bits per heavy atom. The summed E-state index contributed by atoms with van der Waals surface area (Å²) >= 11 is 0. The van der Waals surface area contributed by atoms with Crippen LogP contribution < -0.4 is 15.4 Å². The number of aromatic nitrogens is 4. The van der Waals surface area contributed by atoms with E-state index in [0.717, 1.165) is 24.4 Å². The Hall–Kier alpha value is -2.44. The molecule has 2 N–H and O–H groups in total. The average Bonchev–Trinajstić information content (AvgIpc) is 2.51. The Kier molecular flexibility index (Phi) is 5.25. The molecule has 2 heterocycles. The second-order valence-corrected chi connectivity index (χ2v) is 4.52. The van der Waals surface area contributed by atoms with Crippen LogP contribution in [0.2, 0.25) is 0 Å². The summed E-state index contributed by atoms with van der Waals surface area (Å²) in [4.78, 5) is 17.0. The van der Waals surface area contributed by atoms with E-state index in [0.29, 0.717) is 18.4 Å². The number of nitrogens with zero attached hydrogens (tertiary/aromatic N) is 4. The number of ether oxygens (including phenoxy) is 1. The average molecular weight is 288 g/mol. The van der Waals surface area contributed by atoms with Gasteiger partial charge in [0.25, 0.3) is 0 Å². The molecular formula is C14H20N6O. The molecule has 0 aliphatic heterocycles. The highest BCUT2D eigenvalue weighted by molar-refractivity contribution is 5.36. The highest BCUT2D eigenvalue weighted by Gasteiger charge is 2.06. The first-order valence-corrected chi connectivity index (χ1v) is 6.91. The molecule has 0 radical (unpaired) electrons. The summed E-state index contributed by atoms with van der Waals surface area (Å²) in [6.07, 6.45) is 0.990. The minimum atomic E-state index is 0.281. The van der Waals surface area contributed by atoms with Crippen molar-refractivity contribution in [3.05, 3.63) is 29.6 Å². The van der Waals surface area contributed by atoms with Gasteiger partial charge in [-0.3, -0.25) is 4.98 Å². The van der Waals surface area contributed by atoms with Crippen LogP contribution in [0.3, 0.4) is 0 Å². The minimum Gasteiger partial charge on any atom is -0.467 e. The molecule has 0 aromatic carbocycles. The lowest BCUT2D eigenvalue weighted by Crippen LogP contribution is -2.11. The van der Waals surface area contributed by atoms with Crippen LogP contribution in [0, 0.1) is 6.92 Å². The van der Waals surface area contributed by atoms with Crippen molar-refractivity contribution in [1.29, 1.82) is 0 Å². The Bertz CT molecular complexity index is 589. The number of hydrogen-bond donors (Lipinski definition) is 2. The van der Waals surface area contributed by atoms with Gasteiger partial charge < -0.3 is 15.4 Å². The van der Waals surface area contributed by atoms with E-state index >= 15 is 0 Å². The zero-order valence-corrected chi connectivity index (χ0v) is 12.6. The zero-order valence-electron chi connectivity index (χ0n) is 12.6. The summed E-state index contributed by atoms with van der Waals surface area (Å²) in [5.74, 6) is 0.965. The third-order valence-electron chi connectivity index (χ3n) is 2.70. The van der Waals surface area contributed by atoms with Gasteiger partial charge in [-0.2, -0.15) is 15.0 Å². The van der Waals surface area contributed by atoms with Crippen molar-refractivity contribution in [2.75, 3.05) is 24.3 Å². The van der Waals surface area contributed by atoms with Gasteiger partial charge in [-0.1, -0.05) is 13.0 Å². The lowest BCUT2D eigenvalue weighted by Gasteiger charge is -2.09. The molecule has 0 saturated carbocycles. The molecule has 112 valence electrons. The van der Waals surface area contributed by atoms with E-state index < -0.39 is 0 Å². The number of nitrogens with one attached hydrogen (secondary N) is 2. The standard InChI is InChI=1S/C14H20N6O/c1-4-8-15-12-18-13(20-14(19-12)21-3)16-9-11-7-5-6-10(2)17-11/h5-7H,4,8-9H2,1-3H3,(H2,15,16,18,19,20). The molecule has 21 heavy (non-hydrogen) atoms. The maximum atomic E-state index is 5.09. The molecule has 0 amide bonds. The maximum absolute atomic E-state index is 5.09. The molecule has 7 heteroatoms. The van der Waals surface area contributed by atoms with Crippen molar-refractivity contribution in [3.8, 4) is 6.01 Å². The highest BCUT2D eigenvalue weighted by atomic mass is 16.5. The van der Waals surface area contributed by atoms with Crippen LogP contribution in [0.4, 0.5) is 11.9 Å². The zero-order chi connectivity index (χ0) is 15.1. The van der Waals surface area contributed by atoms with Crippen molar-refractivity contribution in [3.63, 3.8) is 0 Å². The number of methoxy groups -OCH3 is 1. The Morgan fingerprint density at radius 1 is 1.05 bits per heavy atom. The summed E-state index contributed by atoms with van der Waals surface area (Å²) in [6.45, 7) is 5.38. The monoisotopic (exact) mass is 288 g/mol. The smallest absolute Gasteiger partial charge is 0.322 e. The molecule has 0 bridgehead atoms. The summed E-state index contributed by atoms with van der Waals surface area (Å²) in [5, 5.41) is 6.25. The lowest BCUT2D eigenvalue weighted by atomic mass is 10.3. The van der Waals surface area contributed by atoms with E-state index in [1.807, 2.05) is 25.1 Å². The van der Waals surface area contributed by atoms with Crippen LogP contribution >= 0.6 is 0 Å². The Morgan fingerprint density at radius 2 is 1.81 bits per heavy atom. The van der Waals surface area contributed by atoms with Gasteiger partial charge in [0.05, 0.1) is 19.3 Å². The van der Waals surface area contributed by atoms with Crippen molar-refractivity contribution in [2.24, 2.45) is 0 Å². The number of aryl methyl sites for hydroxylation is 1. The van der Waals surface area contributed by atoms with Gasteiger partial charge in [0.1, 0.15) is 0 Å². The molecule has 0 aliphatic rings. The SMILES string of the molecule is CCCNc1nc(NCc2cccc(C)n2)nc(OC)n1. The van der Waals surface area contributed by atoms with E-state index in [9.17, 15) is 0 Å². The van der Waals surface area contributed by atoms with E-state index in [1.165, 1.54) is 7.11 Å². The second-order valence-electron chi connectivity index (χ2n) is 4.52. The van der Waals surface area contributed by atoms with Gasteiger partial charge in [0, 0.05) is 12.2 Å². The third kappa shape index (κ3) is 4.55. The van der Waals surface area contributed by atoms with E-state index in [2.05, 4.69) is 37.5 Å². The van der Waals surface area contributed by atoms with Gasteiger partial charge in [-0.15, -0.1) is 0 Å². The molecule has 7 nitrogen and oxygen atoms in total.